The molecule has 2 aromatic rings. The number of hydrogen-bond acceptors (Lipinski definition) is 4. The van der Waals surface area contributed by atoms with E-state index in [2.05, 4.69) is 10.3 Å². The third-order valence-corrected chi connectivity index (χ3v) is 2.46. The fourth-order valence-electron chi connectivity index (χ4n) is 1.35. The molecule has 0 spiro atoms. The molecule has 2 rings (SSSR count). The molecule has 1 heterocycles. The second-order valence-electron chi connectivity index (χ2n) is 3.38. The van der Waals surface area contributed by atoms with Crippen molar-refractivity contribution in [3.8, 4) is 0 Å². The van der Waals surface area contributed by atoms with Crippen molar-refractivity contribution in [3.63, 3.8) is 0 Å². The predicted molar refractivity (Wildman–Crippen MR) is 65.6 cm³/mol. The number of rotatable bonds is 3. The summed E-state index contributed by atoms with van der Waals surface area (Å²) in [5, 5.41) is 13.4. The molecule has 0 radical (unpaired) electrons. The summed E-state index contributed by atoms with van der Waals surface area (Å²) in [5.74, 6) is -0.483. The third-order valence-electron chi connectivity index (χ3n) is 2.17. The quantitative estimate of drug-likeness (QED) is 0.682. The first-order chi connectivity index (χ1) is 8.58. The molecule has 0 amide bonds. The van der Waals surface area contributed by atoms with Crippen molar-refractivity contribution in [3.05, 3.63) is 57.5 Å². The normalized spacial score (nSPS) is 10.1. The molecule has 7 heteroatoms. The monoisotopic (exact) mass is 267 g/mol. The molecule has 18 heavy (non-hydrogen) atoms. The van der Waals surface area contributed by atoms with Crippen molar-refractivity contribution in [1.82, 2.24) is 4.98 Å². The maximum Gasteiger partial charge on any atom is 0.311 e. The lowest BCUT2D eigenvalue weighted by Crippen LogP contribution is -1.99. The number of halogens is 2. The molecule has 0 saturated carbocycles. The van der Waals surface area contributed by atoms with Gasteiger partial charge >= 0.3 is 5.69 Å². The summed E-state index contributed by atoms with van der Waals surface area (Å²) in [6, 6.07) is 6.69. The molecule has 1 aromatic carbocycles. The molecule has 0 atom stereocenters. The molecule has 0 aliphatic carbocycles. The van der Waals surface area contributed by atoms with E-state index >= 15 is 0 Å². The summed E-state index contributed by atoms with van der Waals surface area (Å²) in [5.41, 5.74) is 0.251. The van der Waals surface area contributed by atoms with Gasteiger partial charge < -0.3 is 5.32 Å². The summed E-state index contributed by atoms with van der Waals surface area (Å²) >= 11 is 5.61. The minimum Gasteiger partial charge on any atom is -0.334 e. The van der Waals surface area contributed by atoms with Gasteiger partial charge in [0, 0.05) is 18.0 Å². The van der Waals surface area contributed by atoms with E-state index in [0.717, 1.165) is 0 Å². The lowest BCUT2D eigenvalue weighted by atomic mass is 10.3. The van der Waals surface area contributed by atoms with Crippen molar-refractivity contribution in [2.45, 2.75) is 0 Å². The van der Waals surface area contributed by atoms with E-state index in [4.69, 9.17) is 11.6 Å². The van der Waals surface area contributed by atoms with Crippen LogP contribution < -0.4 is 5.32 Å². The van der Waals surface area contributed by atoms with E-state index in [1.165, 1.54) is 36.5 Å². The van der Waals surface area contributed by atoms with Gasteiger partial charge in [0.05, 0.1) is 9.95 Å². The van der Waals surface area contributed by atoms with Gasteiger partial charge in [-0.25, -0.2) is 9.37 Å². The van der Waals surface area contributed by atoms with Crippen molar-refractivity contribution < 1.29 is 9.31 Å². The standard InChI is InChI=1S/C11H7ClFN3O2/c12-8-6-7(3-4-9(8)13)15-11-10(16(17)18)2-1-5-14-11/h1-6H,(H,14,15). The number of hydrogen-bond donors (Lipinski definition) is 1. The van der Waals surface area contributed by atoms with E-state index in [1.54, 1.807) is 0 Å². The zero-order chi connectivity index (χ0) is 13.1. The van der Waals surface area contributed by atoms with Crippen LogP contribution in [0.3, 0.4) is 0 Å². The number of nitro groups is 1. The van der Waals surface area contributed by atoms with Crippen LogP contribution in [0.1, 0.15) is 0 Å². The fraction of sp³-hybridized carbons (Fsp3) is 0. The number of nitrogens with zero attached hydrogens (tertiary/aromatic N) is 2. The lowest BCUT2D eigenvalue weighted by molar-refractivity contribution is -0.384. The highest BCUT2D eigenvalue weighted by Gasteiger charge is 2.14. The van der Waals surface area contributed by atoms with E-state index in [-0.39, 0.29) is 16.5 Å². The molecule has 0 unspecified atom stereocenters. The molecule has 0 saturated heterocycles. The second-order valence-corrected chi connectivity index (χ2v) is 3.79. The fourth-order valence-corrected chi connectivity index (χ4v) is 1.53. The summed E-state index contributed by atoms with van der Waals surface area (Å²) < 4.78 is 13.0. The molecule has 5 nitrogen and oxygen atoms in total. The summed E-state index contributed by atoms with van der Waals surface area (Å²) in [6.45, 7) is 0. The zero-order valence-corrected chi connectivity index (χ0v) is 9.69. The van der Waals surface area contributed by atoms with Gasteiger partial charge in [0.1, 0.15) is 5.82 Å². The second kappa shape index (κ2) is 4.97. The van der Waals surface area contributed by atoms with E-state index < -0.39 is 10.7 Å². The van der Waals surface area contributed by atoms with Crippen molar-refractivity contribution in [2.24, 2.45) is 0 Å². The Morgan fingerprint density at radius 1 is 1.39 bits per heavy atom. The van der Waals surface area contributed by atoms with Crippen LogP contribution in [0.4, 0.5) is 21.6 Å². The molecule has 0 aliphatic rings. The maximum absolute atomic E-state index is 13.0. The van der Waals surface area contributed by atoms with Crippen LogP contribution in [-0.2, 0) is 0 Å². The molecule has 1 aromatic heterocycles. The van der Waals surface area contributed by atoms with E-state index in [9.17, 15) is 14.5 Å². The van der Waals surface area contributed by atoms with Gasteiger partial charge in [-0.2, -0.15) is 0 Å². The number of anilines is 2. The first kappa shape index (κ1) is 12.3. The SMILES string of the molecule is O=[N+]([O-])c1cccnc1Nc1ccc(F)c(Cl)c1. The number of pyridine rings is 1. The van der Waals surface area contributed by atoms with E-state index in [1.807, 2.05) is 0 Å². The van der Waals surface area contributed by atoms with Crippen LogP contribution in [0, 0.1) is 15.9 Å². The smallest absolute Gasteiger partial charge is 0.311 e. The van der Waals surface area contributed by atoms with Gasteiger partial charge in [-0.1, -0.05) is 11.6 Å². The van der Waals surface area contributed by atoms with Crippen LogP contribution in [-0.4, -0.2) is 9.91 Å². The van der Waals surface area contributed by atoms with Crippen LogP contribution in [0.5, 0.6) is 0 Å². The van der Waals surface area contributed by atoms with Crippen LogP contribution in [0.2, 0.25) is 5.02 Å². The van der Waals surface area contributed by atoms with Gasteiger partial charge in [0.2, 0.25) is 5.82 Å². The maximum atomic E-state index is 13.0. The Kier molecular flexibility index (Phi) is 3.38. The predicted octanol–water partition coefficient (Wildman–Crippen LogP) is 3.53. The first-order valence-electron chi connectivity index (χ1n) is 4.89. The minimum atomic E-state index is -0.558. The Morgan fingerprint density at radius 3 is 2.83 bits per heavy atom. The summed E-state index contributed by atoms with van der Waals surface area (Å²) in [7, 11) is 0. The highest BCUT2D eigenvalue weighted by atomic mass is 35.5. The Bertz CT molecular complexity index is 607. The van der Waals surface area contributed by atoms with Gasteiger partial charge in [0.25, 0.3) is 0 Å². The van der Waals surface area contributed by atoms with Crippen molar-refractivity contribution in [2.75, 3.05) is 5.32 Å². The van der Waals surface area contributed by atoms with E-state index in [0.29, 0.717) is 5.69 Å². The van der Waals surface area contributed by atoms with Crippen LogP contribution in [0.15, 0.2) is 36.5 Å². The van der Waals surface area contributed by atoms with Gasteiger partial charge in [0.15, 0.2) is 0 Å². The van der Waals surface area contributed by atoms with Gasteiger partial charge in [-0.3, -0.25) is 10.1 Å². The Morgan fingerprint density at radius 2 is 2.17 bits per heavy atom. The average Bonchev–Trinajstić information content (AvgIpc) is 2.34. The highest BCUT2D eigenvalue weighted by Crippen LogP contribution is 2.26. The average molecular weight is 268 g/mol. The van der Waals surface area contributed by atoms with Gasteiger partial charge in [-0.05, 0) is 24.3 Å². The van der Waals surface area contributed by atoms with Crippen molar-refractivity contribution >= 4 is 28.8 Å². The molecule has 0 bridgehead atoms. The summed E-state index contributed by atoms with van der Waals surface area (Å²) in [6.07, 6.45) is 1.42. The van der Waals surface area contributed by atoms with Crippen molar-refractivity contribution in [1.29, 1.82) is 0 Å². The van der Waals surface area contributed by atoms with Crippen LogP contribution in [0.25, 0.3) is 0 Å². The Balaban J connectivity index is 2.34. The van der Waals surface area contributed by atoms with Gasteiger partial charge in [-0.15, -0.1) is 0 Å². The molecule has 0 fully saturated rings. The molecular formula is C11H7ClFN3O2. The Hall–Kier alpha value is -2.21. The number of benzene rings is 1. The van der Waals surface area contributed by atoms with Crippen LogP contribution >= 0.6 is 11.6 Å². The molecular weight excluding hydrogens is 261 g/mol. The summed E-state index contributed by atoms with van der Waals surface area (Å²) in [4.78, 5) is 14.1. The molecule has 92 valence electrons. The minimum absolute atomic E-state index is 0.0708. The number of nitrogens with one attached hydrogen (secondary N) is 1. The lowest BCUT2D eigenvalue weighted by Gasteiger charge is -2.06. The topological polar surface area (TPSA) is 68.1 Å². The molecule has 1 N–H and O–H groups in total. The highest BCUT2D eigenvalue weighted by molar-refractivity contribution is 6.31. The number of aromatic nitrogens is 1. The molecule has 0 aliphatic heterocycles. The first-order valence-corrected chi connectivity index (χ1v) is 5.27. The zero-order valence-electron chi connectivity index (χ0n) is 8.93. The third kappa shape index (κ3) is 2.54. The Labute approximate surface area is 106 Å². The largest absolute Gasteiger partial charge is 0.334 e.